The molecular weight excluding hydrogens is 139 g/mol. The van der Waals surface area contributed by atoms with Crippen molar-refractivity contribution in [3.05, 3.63) is 23.2 Å². The minimum absolute atomic E-state index is 0.567. The average molecular weight is 154 g/mol. The van der Waals surface area contributed by atoms with E-state index in [2.05, 4.69) is 6.92 Å². The van der Waals surface area contributed by atoms with Crippen LogP contribution in [0.5, 0.6) is 0 Å². The molecule has 0 aliphatic carbocycles. The molecule has 0 saturated carbocycles. The number of hydrogen-bond acceptors (Lipinski definition) is 2. The second-order valence-corrected chi connectivity index (χ2v) is 2.65. The quantitative estimate of drug-likeness (QED) is 0.475. The van der Waals surface area contributed by atoms with Crippen LogP contribution in [0.1, 0.15) is 27.2 Å². The van der Waals surface area contributed by atoms with E-state index in [1.54, 1.807) is 13.0 Å². The summed E-state index contributed by atoms with van der Waals surface area (Å²) in [6.45, 7) is 5.75. The van der Waals surface area contributed by atoms with Gasteiger partial charge >= 0.3 is 7.12 Å². The number of rotatable bonds is 3. The van der Waals surface area contributed by atoms with Crippen molar-refractivity contribution in [3.8, 4) is 0 Å². The molecule has 62 valence electrons. The van der Waals surface area contributed by atoms with Crippen LogP contribution in [0.4, 0.5) is 0 Å². The highest BCUT2D eigenvalue weighted by Crippen LogP contribution is 2.01. The van der Waals surface area contributed by atoms with Crippen LogP contribution in [0.15, 0.2) is 23.2 Å². The second kappa shape index (κ2) is 5.16. The smallest absolute Gasteiger partial charge is 0.423 e. The molecule has 0 aromatic rings. The molecule has 0 amide bonds. The van der Waals surface area contributed by atoms with E-state index < -0.39 is 7.12 Å². The van der Waals surface area contributed by atoms with Crippen LogP contribution < -0.4 is 0 Å². The van der Waals surface area contributed by atoms with Gasteiger partial charge in [-0.15, -0.1) is 0 Å². The van der Waals surface area contributed by atoms with Crippen LogP contribution >= 0.6 is 0 Å². The summed E-state index contributed by atoms with van der Waals surface area (Å²) in [5, 5.41) is 17.3. The summed E-state index contributed by atoms with van der Waals surface area (Å²) < 4.78 is 0. The van der Waals surface area contributed by atoms with Gasteiger partial charge in [-0.3, -0.25) is 0 Å². The Balaban J connectivity index is 4.11. The Morgan fingerprint density at radius 3 is 2.18 bits per heavy atom. The van der Waals surface area contributed by atoms with Gasteiger partial charge in [-0.1, -0.05) is 24.6 Å². The van der Waals surface area contributed by atoms with Crippen molar-refractivity contribution < 1.29 is 10.0 Å². The number of hydrogen-bond donors (Lipinski definition) is 2. The molecule has 0 bridgehead atoms. The monoisotopic (exact) mass is 154 g/mol. The van der Waals surface area contributed by atoms with Crippen molar-refractivity contribution in [2.24, 2.45) is 0 Å². The summed E-state index contributed by atoms with van der Waals surface area (Å²) in [7, 11) is -1.32. The van der Waals surface area contributed by atoms with Crippen LogP contribution in [-0.2, 0) is 0 Å². The Morgan fingerprint density at radius 2 is 1.82 bits per heavy atom. The fourth-order valence-electron chi connectivity index (χ4n) is 0.478. The van der Waals surface area contributed by atoms with E-state index in [1.165, 1.54) is 5.57 Å². The minimum Gasteiger partial charge on any atom is -0.423 e. The average Bonchev–Trinajstić information content (AvgIpc) is 1.99. The molecule has 0 rings (SSSR count). The normalized spacial score (nSPS) is 13.5. The molecule has 2 N–H and O–H groups in total. The first-order valence-electron chi connectivity index (χ1n) is 3.78. The summed E-state index contributed by atoms with van der Waals surface area (Å²) in [5.41, 5.74) is 1.79. The first-order chi connectivity index (χ1) is 5.07. The molecule has 0 aliphatic rings. The Morgan fingerprint density at radius 1 is 1.27 bits per heavy atom. The molecule has 3 heteroatoms. The van der Waals surface area contributed by atoms with E-state index in [0.29, 0.717) is 5.47 Å². The highest BCUT2D eigenvalue weighted by molar-refractivity contribution is 6.50. The van der Waals surface area contributed by atoms with Gasteiger partial charge in [0.25, 0.3) is 0 Å². The molecule has 2 nitrogen and oxygen atoms in total. The molecule has 11 heavy (non-hydrogen) atoms. The highest BCUT2D eigenvalue weighted by Gasteiger charge is 2.06. The lowest BCUT2D eigenvalue weighted by Crippen LogP contribution is -2.12. The van der Waals surface area contributed by atoms with Gasteiger partial charge in [-0.25, -0.2) is 0 Å². The molecular formula is C8H15BO2. The van der Waals surface area contributed by atoms with Crippen molar-refractivity contribution in [1.82, 2.24) is 0 Å². The lowest BCUT2D eigenvalue weighted by atomic mass is 9.80. The van der Waals surface area contributed by atoms with E-state index in [-0.39, 0.29) is 0 Å². The van der Waals surface area contributed by atoms with Gasteiger partial charge in [-0.05, 0) is 25.7 Å². The van der Waals surface area contributed by atoms with Crippen LogP contribution in [-0.4, -0.2) is 17.2 Å². The molecule has 0 aromatic heterocycles. The fraction of sp³-hybridized carbons (Fsp3) is 0.500. The molecule has 0 saturated heterocycles. The topological polar surface area (TPSA) is 40.5 Å². The predicted molar refractivity (Wildman–Crippen MR) is 48.0 cm³/mol. The third-order valence-corrected chi connectivity index (χ3v) is 1.60. The molecule has 0 atom stereocenters. The van der Waals surface area contributed by atoms with E-state index in [0.717, 1.165) is 6.42 Å². The van der Waals surface area contributed by atoms with E-state index in [1.807, 2.05) is 13.0 Å². The van der Waals surface area contributed by atoms with Gasteiger partial charge in [-0.2, -0.15) is 0 Å². The van der Waals surface area contributed by atoms with Crippen LogP contribution in [0.25, 0.3) is 0 Å². The van der Waals surface area contributed by atoms with Crippen molar-refractivity contribution in [2.75, 3.05) is 0 Å². The summed E-state index contributed by atoms with van der Waals surface area (Å²) >= 11 is 0. The predicted octanol–water partition coefficient (Wildman–Crippen LogP) is 1.30. The Hall–Kier alpha value is -0.535. The van der Waals surface area contributed by atoms with Gasteiger partial charge in [0.2, 0.25) is 0 Å². The van der Waals surface area contributed by atoms with Crippen molar-refractivity contribution >= 4 is 7.12 Å². The SMILES string of the molecule is CC/C(C)=C\C=C(/C)B(O)O. The molecule has 0 heterocycles. The van der Waals surface area contributed by atoms with Crippen LogP contribution in [0.3, 0.4) is 0 Å². The Kier molecular flexibility index (Phi) is 4.91. The van der Waals surface area contributed by atoms with Gasteiger partial charge in [0.1, 0.15) is 0 Å². The second-order valence-electron chi connectivity index (χ2n) is 2.65. The molecule has 0 aromatic carbocycles. The van der Waals surface area contributed by atoms with Gasteiger partial charge in [0.15, 0.2) is 0 Å². The molecule has 0 radical (unpaired) electrons. The van der Waals surface area contributed by atoms with Gasteiger partial charge in [0.05, 0.1) is 0 Å². The molecule has 0 aliphatic heterocycles. The summed E-state index contributed by atoms with van der Waals surface area (Å²) in [6.07, 6.45) is 4.61. The van der Waals surface area contributed by atoms with Gasteiger partial charge in [0, 0.05) is 0 Å². The molecule has 0 spiro atoms. The third kappa shape index (κ3) is 4.82. The van der Waals surface area contributed by atoms with Crippen LogP contribution in [0, 0.1) is 0 Å². The Labute approximate surface area is 68.4 Å². The standard InChI is InChI=1S/C8H15BO2/c1-4-7(2)5-6-8(3)9(10)11/h5-6,10-11H,4H2,1-3H3/b7-5-,8-6+. The summed E-state index contributed by atoms with van der Waals surface area (Å²) in [5.74, 6) is 0. The number of allylic oxidation sites excluding steroid dienone is 4. The fourth-order valence-corrected chi connectivity index (χ4v) is 0.478. The molecule has 0 fully saturated rings. The lowest BCUT2D eigenvalue weighted by Gasteiger charge is -1.95. The van der Waals surface area contributed by atoms with E-state index >= 15 is 0 Å². The third-order valence-electron chi connectivity index (χ3n) is 1.60. The first kappa shape index (κ1) is 10.5. The zero-order valence-electron chi connectivity index (χ0n) is 7.33. The highest BCUT2D eigenvalue weighted by atomic mass is 16.4. The Bertz CT molecular complexity index is 171. The maximum absolute atomic E-state index is 8.66. The van der Waals surface area contributed by atoms with Crippen molar-refractivity contribution in [1.29, 1.82) is 0 Å². The van der Waals surface area contributed by atoms with Crippen molar-refractivity contribution in [2.45, 2.75) is 27.2 Å². The van der Waals surface area contributed by atoms with E-state index in [9.17, 15) is 0 Å². The zero-order valence-corrected chi connectivity index (χ0v) is 7.33. The largest absolute Gasteiger partial charge is 0.483 e. The maximum atomic E-state index is 8.66. The van der Waals surface area contributed by atoms with Gasteiger partial charge < -0.3 is 10.0 Å². The lowest BCUT2D eigenvalue weighted by molar-refractivity contribution is 0.419. The summed E-state index contributed by atoms with van der Waals surface area (Å²) in [4.78, 5) is 0. The minimum atomic E-state index is -1.32. The first-order valence-corrected chi connectivity index (χ1v) is 3.78. The maximum Gasteiger partial charge on any atom is 0.483 e. The molecule has 0 unspecified atom stereocenters. The van der Waals surface area contributed by atoms with E-state index in [4.69, 9.17) is 10.0 Å². The summed E-state index contributed by atoms with van der Waals surface area (Å²) in [6, 6.07) is 0. The van der Waals surface area contributed by atoms with Crippen molar-refractivity contribution in [3.63, 3.8) is 0 Å². The zero-order chi connectivity index (χ0) is 8.85. The van der Waals surface area contributed by atoms with Crippen LogP contribution in [0.2, 0.25) is 0 Å².